The number of carbonyl (C=O) groups excluding carboxylic acids is 3. The van der Waals surface area contributed by atoms with E-state index >= 15 is 0 Å². The van der Waals surface area contributed by atoms with Crippen LogP contribution in [0.2, 0.25) is 0 Å². The minimum Gasteiger partial charge on any atom is -0.464 e. The molecule has 0 aliphatic heterocycles. The number of rotatable bonds is 7. The van der Waals surface area contributed by atoms with Crippen LogP contribution in [0.1, 0.15) is 31.1 Å². The van der Waals surface area contributed by atoms with Gasteiger partial charge in [-0.3, -0.25) is 14.4 Å². The average molecular weight is 293 g/mol. The molecule has 0 saturated carbocycles. The fourth-order valence-electron chi connectivity index (χ4n) is 1.83. The lowest BCUT2D eigenvalue weighted by molar-refractivity contribution is -0.140. The van der Waals surface area contributed by atoms with E-state index in [2.05, 4.69) is 0 Å². The minimum atomic E-state index is -0.488. The van der Waals surface area contributed by atoms with Crippen LogP contribution < -0.4 is 9.64 Å². The normalized spacial score (nSPS) is 9.86. The molecule has 0 heterocycles. The van der Waals surface area contributed by atoms with E-state index in [1.807, 2.05) is 11.8 Å². The van der Waals surface area contributed by atoms with E-state index in [9.17, 15) is 14.4 Å². The van der Waals surface area contributed by atoms with Gasteiger partial charge in [-0.05, 0) is 19.1 Å². The van der Waals surface area contributed by atoms with Crippen LogP contribution in [-0.2, 0) is 14.3 Å². The summed E-state index contributed by atoms with van der Waals surface area (Å²) in [6, 6.07) is 4.98. The number of nitrogens with zero attached hydrogens (tertiary/aromatic N) is 1. The third-order valence-electron chi connectivity index (χ3n) is 2.79. The second-order valence-corrected chi connectivity index (χ2v) is 4.35. The second kappa shape index (κ2) is 8.04. The van der Waals surface area contributed by atoms with Crippen molar-refractivity contribution in [3.05, 3.63) is 23.8 Å². The van der Waals surface area contributed by atoms with E-state index < -0.39 is 5.97 Å². The second-order valence-electron chi connectivity index (χ2n) is 4.35. The van der Waals surface area contributed by atoms with Crippen molar-refractivity contribution in [2.24, 2.45) is 0 Å². The monoisotopic (exact) mass is 293 g/mol. The largest absolute Gasteiger partial charge is 0.464 e. The van der Waals surface area contributed by atoms with Gasteiger partial charge in [0.15, 0.2) is 6.29 Å². The molecule has 1 aromatic rings. The zero-order chi connectivity index (χ0) is 15.8. The Morgan fingerprint density at radius 3 is 2.48 bits per heavy atom. The van der Waals surface area contributed by atoms with Gasteiger partial charge in [-0.25, -0.2) is 0 Å². The van der Waals surface area contributed by atoms with Gasteiger partial charge in [-0.1, -0.05) is 0 Å². The average Bonchev–Trinajstić information content (AvgIpc) is 2.42. The Labute approximate surface area is 123 Å². The van der Waals surface area contributed by atoms with E-state index in [0.717, 1.165) is 5.69 Å². The Kier molecular flexibility index (Phi) is 6.39. The summed E-state index contributed by atoms with van der Waals surface area (Å²) in [6.07, 6.45) is 0.636. The molecule has 0 N–H and O–H groups in total. The number of hydrogen-bond acceptors (Lipinski definition) is 6. The minimum absolute atomic E-state index is 0.223. The Hall–Kier alpha value is -2.37. The van der Waals surface area contributed by atoms with Gasteiger partial charge in [0.05, 0.1) is 12.1 Å². The molecule has 114 valence electrons. The summed E-state index contributed by atoms with van der Waals surface area (Å²) in [7, 11) is 0. The first kappa shape index (κ1) is 16.7. The molecule has 0 atom stereocenters. The Morgan fingerprint density at radius 2 is 1.95 bits per heavy atom. The fourth-order valence-corrected chi connectivity index (χ4v) is 1.83. The molecule has 21 heavy (non-hydrogen) atoms. The number of anilines is 1. The number of esters is 2. The van der Waals surface area contributed by atoms with Crippen LogP contribution in [0, 0.1) is 0 Å². The molecule has 6 nitrogen and oxygen atoms in total. The first-order valence-electron chi connectivity index (χ1n) is 6.63. The summed E-state index contributed by atoms with van der Waals surface area (Å²) in [5.41, 5.74) is 1.09. The first-order valence-corrected chi connectivity index (χ1v) is 6.63. The van der Waals surface area contributed by atoms with Crippen LogP contribution in [0.5, 0.6) is 5.75 Å². The highest BCUT2D eigenvalue weighted by Crippen LogP contribution is 2.25. The standard InChI is InChI=1S/C15H19NO5/c1-4-16(7-8-20-11(2)18)14-6-5-13(10-17)15(9-14)21-12(3)19/h5-6,9-10H,4,7-8H2,1-3H3. The molecular formula is C15H19NO5. The number of likely N-dealkylation sites (N-methyl/N-ethyl adjacent to an activating group) is 1. The van der Waals surface area contributed by atoms with Crippen LogP contribution in [-0.4, -0.2) is 37.9 Å². The van der Waals surface area contributed by atoms with Crippen LogP contribution >= 0.6 is 0 Å². The van der Waals surface area contributed by atoms with Gasteiger partial charge < -0.3 is 14.4 Å². The molecule has 0 spiro atoms. The molecule has 0 amide bonds. The van der Waals surface area contributed by atoms with Gasteiger partial charge in [0.25, 0.3) is 0 Å². The van der Waals surface area contributed by atoms with Gasteiger partial charge in [-0.15, -0.1) is 0 Å². The zero-order valence-electron chi connectivity index (χ0n) is 12.4. The Bertz CT molecular complexity index is 527. The molecule has 0 aromatic heterocycles. The summed E-state index contributed by atoms with van der Waals surface area (Å²) in [6.45, 7) is 6.04. The molecule has 0 radical (unpaired) electrons. The van der Waals surface area contributed by atoms with Gasteiger partial charge in [-0.2, -0.15) is 0 Å². The van der Waals surface area contributed by atoms with E-state index in [1.165, 1.54) is 13.8 Å². The molecular weight excluding hydrogens is 274 g/mol. The van der Waals surface area contributed by atoms with Gasteiger partial charge in [0, 0.05) is 32.1 Å². The molecule has 0 saturated heterocycles. The number of carbonyl (C=O) groups is 3. The topological polar surface area (TPSA) is 72.9 Å². The van der Waals surface area contributed by atoms with Crippen LogP contribution in [0.4, 0.5) is 5.69 Å². The molecule has 1 rings (SSSR count). The molecule has 0 aliphatic carbocycles. The lowest BCUT2D eigenvalue weighted by Crippen LogP contribution is -2.27. The van der Waals surface area contributed by atoms with Crippen molar-refractivity contribution in [1.29, 1.82) is 0 Å². The van der Waals surface area contributed by atoms with Gasteiger partial charge in [0.1, 0.15) is 12.4 Å². The van der Waals surface area contributed by atoms with Gasteiger partial charge >= 0.3 is 11.9 Å². The molecule has 0 fully saturated rings. The SMILES string of the molecule is CCN(CCOC(C)=O)c1ccc(C=O)c(OC(C)=O)c1. The summed E-state index contributed by atoms with van der Waals surface area (Å²) >= 11 is 0. The third kappa shape index (κ3) is 5.25. The predicted octanol–water partition coefficient (Wildman–Crippen LogP) is 1.81. The molecule has 1 aromatic carbocycles. The van der Waals surface area contributed by atoms with Crippen LogP contribution in [0.3, 0.4) is 0 Å². The third-order valence-corrected chi connectivity index (χ3v) is 2.79. The highest BCUT2D eigenvalue weighted by atomic mass is 16.5. The summed E-state index contributed by atoms with van der Waals surface area (Å²) in [5.74, 6) is -0.595. The van der Waals surface area contributed by atoms with Crippen molar-refractivity contribution in [1.82, 2.24) is 0 Å². The Morgan fingerprint density at radius 1 is 1.24 bits per heavy atom. The lowest BCUT2D eigenvalue weighted by atomic mass is 10.2. The van der Waals surface area contributed by atoms with Crippen molar-refractivity contribution in [2.45, 2.75) is 20.8 Å². The number of benzene rings is 1. The van der Waals surface area contributed by atoms with Crippen molar-refractivity contribution < 1.29 is 23.9 Å². The van der Waals surface area contributed by atoms with E-state index in [4.69, 9.17) is 9.47 Å². The smallest absolute Gasteiger partial charge is 0.308 e. The highest BCUT2D eigenvalue weighted by molar-refractivity contribution is 5.83. The van der Waals surface area contributed by atoms with Crippen molar-refractivity contribution in [2.75, 3.05) is 24.6 Å². The maximum atomic E-state index is 11.1. The highest BCUT2D eigenvalue weighted by Gasteiger charge is 2.11. The molecule has 0 unspecified atom stereocenters. The number of aldehydes is 1. The summed E-state index contributed by atoms with van der Waals surface area (Å²) in [4.78, 5) is 34.7. The number of ether oxygens (including phenoxy) is 2. The lowest BCUT2D eigenvalue weighted by Gasteiger charge is -2.23. The molecule has 0 aliphatic rings. The van der Waals surface area contributed by atoms with Crippen LogP contribution in [0.25, 0.3) is 0 Å². The zero-order valence-corrected chi connectivity index (χ0v) is 12.4. The Balaban J connectivity index is 2.90. The summed E-state index contributed by atoms with van der Waals surface area (Å²) in [5, 5.41) is 0. The predicted molar refractivity (Wildman–Crippen MR) is 77.7 cm³/mol. The molecule has 0 bridgehead atoms. The van der Waals surface area contributed by atoms with Crippen LogP contribution in [0.15, 0.2) is 18.2 Å². The van der Waals surface area contributed by atoms with Crippen molar-refractivity contribution >= 4 is 23.9 Å². The maximum Gasteiger partial charge on any atom is 0.308 e. The first-order chi connectivity index (χ1) is 9.97. The fraction of sp³-hybridized carbons (Fsp3) is 0.400. The van der Waals surface area contributed by atoms with Crippen molar-refractivity contribution in [3.63, 3.8) is 0 Å². The maximum absolute atomic E-state index is 11.1. The quantitative estimate of drug-likeness (QED) is 0.434. The number of hydrogen-bond donors (Lipinski definition) is 0. The van der Waals surface area contributed by atoms with E-state index in [1.54, 1.807) is 18.2 Å². The van der Waals surface area contributed by atoms with E-state index in [0.29, 0.717) is 24.9 Å². The molecule has 6 heteroatoms. The van der Waals surface area contributed by atoms with Crippen molar-refractivity contribution in [3.8, 4) is 5.75 Å². The van der Waals surface area contributed by atoms with Gasteiger partial charge in [0.2, 0.25) is 0 Å². The van der Waals surface area contributed by atoms with E-state index in [-0.39, 0.29) is 18.3 Å². The summed E-state index contributed by atoms with van der Waals surface area (Å²) < 4.78 is 9.95.